The highest BCUT2D eigenvalue weighted by Crippen LogP contribution is 2.23. The van der Waals surface area contributed by atoms with Gasteiger partial charge in [-0.25, -0.2) is 13.9 Å². The Morgan fingerprint density at radius 2 is 1.96 bits per heavy atom. The molecule has 144 valence electrons. The molecular weight excluding hydrogens is 342 g/mol. The molecule has 4 rings (SSSR count). The lowest BCUT2D eigenvalue weighted by Crippen LogP contribution is -2.40. The van der Waals surface area contributed by atoms with Crippen molar-refractivity contribution in [2.24, 2.45) is 7.05 Å². The molecule has 1 aliphatic heterocycles. The van der Waals surface area contributed by atoms with Gasteiger partial charge in [-0.05, 0) is 37.1 Å². The van der Waals surface area contributed by atoms with E-state index in [1.807, 2.05) is 0 Å². The predicted molar refractivity (Wildman–Crippen MR) is 106 cm³/mol. The summed E-state index contributed by atoms with van der Waals surface area (Å²) in [6, 6.07) is 6.40. The van der Waals surface area contributed by atoms with Crippen molar-refractivity contribution in [1.82, 2.24) is 24.4 Å². The summed E-state index contributed by atoms with van der Waals surface area (Å²) in [5, 5.41) is 9.11. The minimum Gasteiger partial charge on any atom is -0.379 e. The van der Waals surface area contributed by atoms with Crippen molar-refractivity contribution in [2.45, 2.75) is 20.4 Å². The van der Waals surface area contributed by atoms with E-state index >= 15 is 0 Å². The number of benzene rings is 1. The third-order valence-corrected chi connectivity index (χ3v) is 5.30. The minimum atomic E-state index is -0.102. The molecule has 0 atom stereocenters. The molecule has 1 aliphatic rings. The van der Waals surface area contributed by atoms with Gasteiger partial charge in [-0.15, -0.1) is 5.10 Å². The molecule has 1 aromatic carbocycles. The highest BCUT2D eigenvalue weighted by Gasteiger charge is 2.15. The maximum Gasteiger partial charge on any atom is 0.350 e. The first-order valence-electron chi connectivity index (χ1n) is 9.54. The van der Waals surface area contributed by atoms with Crippen LogP contribution in [0.2, 0.25) is 0 Å². The highest BCUT2D eigenvalue weighted by atomic mass is 16.5. The Balaban J connectivity index is 1.63. The average Bonchev–Trinajstić information content (AvgIpc) is 2.95. The van der Waals surface area contributed by atoms with E-state index in [0.717, 1.165) is 67.1 Å². The van der Waals surface area contributed by atoms with Crippen molar-refractivity contribution in [3.63, 3.8) is 0 Å². The quantitative estimate of drug-likeness (QED) is 0.686. The van der Waals surface area contributed by atoms with Gasteiger partial charge in [0.15, 0.2) is 5.65 Å². The molecule has 0 unspecified atom stereocenters. The molecule has 3 aromatic rings. The largest absolute Gasteiger partial charge is 0.379 e. The number of aryl methyl sites for hydroxylation is 3. The van der Waals surface area contributed by atoms with E-state index in [1.165, 1.54) is 10.2 Å². The smallest absolute Gasteiger partial charge is 0.350 e. The Morgan fingerprint density at radius 3 is 2.74 bits per heavy atom. The van der Waals surface area contributed by atoms with Crippen molar-refractivity contribution < 1.29 is 4.74 Å². The van der Waals surface area contributed by atoms with Gasteiger partial charge in [-0.3, -0.25) is 4.90 Å². The SMILES string of the molecule is Cc1cc(C)c2cc(CNCCN3CCOCC3)c3nn(C)c(=O)n3c2c1. The van der Waals surface area contributed by atoms with Crippen molar-refractivity contribution in [1.29, 1.82) is 0 Å². The molecule has 0 radical (unpaired) electrons. The summed E-state index contributed by atoms with van der Waals surface area (Å²) < 4.78 is 8.56. The second-order valence-corrected chi connectivity index (χ2v) is 7.38. The summed E-state index contributed by atoms with van der Waals surface area (Å²) in [5.74, 6) is 0. The molecule has 27 heavy (non-hydrogen) atoms. The van der Waals surface area contributed by atoms with Gasteiger partial charge in [0.2, 0.25) is 0 Å². The van der Waals surface area contributed by atoms with Crippen LogP contribution in [0.5, 0.6) is 0 Å². The van der Waals surface area contributed by atoms with Gasteiger partial charge in [0.25, 0.3) is 0 Å². The van der Waals surface area contributed by atoms with Crippen LogP contribution in [-0.4, -0.2) is 58.5 Å². The monoisotopic (exact) mass is 369 g/mol. The van der Waals surface area contributed by atoms with Crippen molar-refractivity contribution >= 4 is 16.6 Å². The molecular formula is C20H27N5O2. The van der Waals surface area contributed by atoms with Crippen LogP contribution in [0.3, 0.4) is 0 Å². The molecule has 7 nitrogen and oxygen atoms in total. The highest BCUT2D eigenvalue weighted by molar-refractivity contribution is 5.87. The van der Waals surface area contributed by atoms with Crippen LogP contribution in [0.4, 0.5) is 0 Å². The fourth-order valence-electron chi connectivity index (χ4n) is 3.87. The van der Waals surface area contributed by atoms with Crippen LogP contribution in [0.25, 0.3) is 16.6 Å². The molecule has 0 aliphatic carbocycles. The molecule has 2 aromatic heterocycles. The lowest BCUT2D eigenvalue weighted by molar-refractivity contribution is 0.0384. The van der Waals surface area contributed by atoms with Crippen LogP contribution in [0, 0.1) is 13.8 Å². The molecule has 1 N–H and O–H groups in total. The normalized spacial score (nSPS) is 15.8. The van der Waals surface area contributed by atoms with E-state index in [1.54, 1.807) is 11.4 Å². The van der Waals surface area contributed by atoms with Gasteiger partial charge in [-0.2, -0.15) is 0 Å². The first-order chi connectivity index (χ1) is 13.0. The number of morpholine rings is 1. The summed E-state index contributed by atoms with van der Waals surface area (Å²) >= 11 is 0. The standard InChI is InChI=1S/C20H27N5O2/c1-14-10-15(2)17-12-16(13-21-4-5-24-6-8-27-9-7-24)19-22-23(3)20(26)25(19)18(17)11-14/h10-12,21H,4-9,13H2,1-3H3. The lowest BCUT2D eigenvalue weighted by atomic mass is 10.0. The van der Waals surface area contributed by atoms with Gasteiger partial charge in [0, 0.05) is 50.7 Å². The molecule has 1 saturated heterocycles. The van der Waals surface area contributed by atoms with Gasteiger partial charge < -0.3 is 10.1 Å². The van der Waals surface area contributed by atoms with E-state index in [9.17, 15) is 4.79 Å². The number of ether oxygens (including phenoxy) is 1. The molecule has 0 amide bonds. The minimum absolute atomic E-state index is 0.102. The van der Waals surface area contributed by atoms with Crippen LogP contribution in [-0.2, 0) is 18.3 Å². The van der Waals surface area contributed by atoms with Gasteiger partial charge >= 0.3 is 5.69 Å². The zero-order valence-electron chi connectivity index (χ0n) is 16.3. The van der Waals surface area contributed by atoms with E-state index < -0.39 is 0 Å². The Hall–Kier alpha value is -2.22. The second kappa shape index (κ2) is 7.42. The first-order valence-corrected chi connectivity index (χ1v) is 9.54. The Labute approximate surface area is 158 Å². The van der Waals surface area contributed by atoms with Crippen LogP contribution in [0.1, 0.15) is 16.7 Å². The number of pyridine rings is 1. The van der Waals surface area contributed by atoms with Crippen molar-refractivity contribution in [3.8, 4) is 0 Å². The third-order valence-electron chi connectivity index (χ3n) is 5.30. The van der Waals surface area contributed by atoms with E-state index in [-0.39, 0.29) is 5.69 Å². The van der Waals surface area contributed by atoms with Crippen molar-refractivity contribution in [3.05, 3.63) is 45.4 Å². The van der Waals surface area contributed by atoms with Crippen LogP contribution >= 0.6 is 0 Å². The van der Waals surface area contributed by atoms with Gasteiger partial charge in [-0.1, -0.05) is 6.07 Å². The molecule has 0 spiro atoms. The fraction of sp³-hybridized carbons (Fsp3) is 0.500. The van der Waals surface area contributed by atoms with E-state index in [4.69, 9.17) is 4.74 Å². The molecule has 7 heteroatoms. The molecule has 0 saturated carbocycles. The number of rotatable bonds is 5. The summed E-state index contributed by atoms with van der Waals surface area (Å²) in [6.07, 6.45) is 0. The maximum atomic E-state index is 12.7. The van der Waals surface area contributed by atoms with E-state index in [0.29, 0.717) is 6.54 Å². The number of nitrogens with zero attached hydrogens (tertiary/aromatic N) is 4. The summed E-state index contributed by atoms with van der Waals surface area (Å²) in [7, 11) is 1.71. The first kappa shape index (κ1) is 18.2. The predicted octanol–water partition coefficient (Wildman–Crippen LogP) is 1.22. The maximum absolute atomic E-state index is 12.7. The number of fused-ring (bicyclic) bond motifs is 3. The summed E-state index contributed by atoms with van der Waals surface area (Å²) in [5.41, 5.74) is 4.94. The topological polar surface area (TPSA) is 63.8 Å². The number of hydrogen-bond donors (Lipinski definition) is 1. The molecule has 1 fully saturated rings. The Kier molecular flexibility index (Phi) is 4.99. The van der Waals surface area contributed by atoms with Gasteiger partial charge in [0.1, 0.15) is 0 Å². The van der Waals surface area contributed by atoms with Gasteiger partial charge in [0.05, 0.1) is 18.7 Å². The van der Waals surface area contributed by atoms with E-state index in [2.05, 4.69) is 47.4 Å². The molecule has 0 bridgehead atoms. The fourth-order valence-corrected chi connectivity index (χ4v) is 3.87. The zero-order valence-corrected chi connectivity index (χ0v) is 16.3. The summed E-state index contributed by atoms with van der Waals surface area (Å²) in [6.45, 7) is 10.4. The number of hydrogen-bond acceptors (Lipinski definition) is 5. The average molecular weight is 369 g/mol. The lowest BCUT2D eigenvalue weighted by Gasteiger charge is -2.26. The number of nitrogens with one attached hydrogen (secondary N) is 1. The molecule has 3 heterocycles. The van der Waals surface area contributed by atoms with Crippen molar-refractivity contribution in [2.75, 3.05) is 39.4 Å². The second-order valence-electron chi connectivity index (χ2n) is 7.38. The number of aromatic nitrogens is 3. The van der Waals surface area contributed by atoms with Crippen LogP contribution in [0.15, 0.2) is 23.0 Å². The zero-order chi connectivity index (χ0) is 19.0. The third kappa shape index (κ3) is 3.50. The summed E-state index contributed by atoms with van der Waals surface area (Å²) in [4.78, 5) is 15.1. The Morgan fingerprint density at radius 1 is 1.19 bits per heavy atom. The van der Waals surface area contributed by atoms with Crippen LogP contribution < -0.4 is 11.0 Å². The Bertz CT molecular complexity index is 1030.